The number of carbonyl (C=O) groups is 1. The van der Waals surface area contributed by atoms with E-state index in [1.165, 1.54) is 44.9 Å². The molecule has 1 aliphatic heterocycles. The van der Waals surface area contributed by atoms with Crippen molar-refractivity contribution in [3.05, 3.63) is 0 Å². The van der Waals surface area contributed by atoms with Crippen LogP contribution in [0.5, 0.6) is 0 Å². The number of likely N-dealkylation sites (tertiary alicyclic amines) is 1. The molecule has 0 N–H and O–H groups in total. The van der Waals surface area contributed by atoms with E-state index < -0.39 is 0 Å². The highest BCUT2D eigenvalue weighted by Gasteiger charge is 2.54. The molecular formula is C15H25NO. The van der Waals surface area contributed by atoms with Gasteiger partial charge >= 0.3 is 0 Å². The lowest BCUT2D eigenvalue weighted by molar-refractivity contribution is -0.157. The van der Waals surface area contributed by atoms with Gasteiger partial charge < -0.3 is 4.90 Å². The van der Waals surface area contributed by atoms with Gasteiger partial charge in [-0.3, -0.25) is 4.79 Å². The summed E-state index contributed by atoms with van der Waals surface area (Å²) in [6, 6.07) is 0. The van der Waals surface area contributed by atoms with Crippen molar-refractivity contribution >= 4 is 5.91 Å². The fourth-order valence-corrected chi connectivity index (χ4v) is 4.26. The zero-order valence-corrected chi connectivity index (χ0v) is 11.3. The number of amides is 1. The zero-order chi connectivity index (χ0) is 12.1. The minimum absolute atomic E-state index is 0.0665. The number of fused-ring (bicyclic) bond motifs is 3. The summed E-state index contributed by atoms with van der Waals surface area (Å²) in [6.07, 6.45) is 8.61. The molecule has 1 saturated heterocycles. The average Bonchev–Trinajstić information content (AvgIpc) is 2.29. The molecule has 0 aromatic rings. The summed E-state index contributed by atoms with van der Waals surface area (Å²) < 4.78 is 0. The van der Waals surface area contributed by atoms with Crippen molar-refractivity contribution in [3.8, 4) is 0 Å². The molecule has 0 aromatic carbocycles. The second-order valence-corrected chi connectivity index (χ2v) is 6.94. The molecule has 2 nitrogen and oxygen atoms in total. The molecule has 17 heavy (non-hydrogen) atoms. The highest BCUT2D eigenvalue weighted by Crippen LogP contribution is 2.60. The van der Waals surface area contributed by atoms with Crippen LogP contribution in [0.15, 0.2) is 0 Å². The first-order valence-corrected chi connectivity index (χ1v) is 7.37. The van der Waals surface area contributed by atoms with Crippen LogP contribution < -0.4 is 0 Å². The molecule has 4 fully saturated rings. The van der Waals surface area contributed by atoms with Crippen molar-refractivity contribution in [3.63, 3.8) is 0 Å². The minimum Gasteiger partial charge on any atom is -0.342 e. The lowest BCUT2D eigenvalue weighted by Gasteiger charge is -2.56. The van der Waals surface area contributed by atoms with E-state index in [9.17, 15) is 4.79 Å². The van der Waals surface area contributed by atoms with Crippen LogP contribution in [0.4, 0.5) is 0 Å². The Labute approximate surface area is 105 Å². The van der Waals surface area contributed by atoms with E-state index in [4.69, 9.17) is 0 Å². The Morgan fingerprint density at radius 1 is 1.00 bits per heavy atom. The summed E-state index contributed by atoms with van der Waals surface area (Å²) in [5.41, 5.74) is 0.647. The second-order valence-electron chi connectivity index (χ2n) is 6.94. The Bertz CT molecular complexity index is 305. The summed E-state index contributed by atoms with van der Waals surface area (Å²) in [5.74, 6) is 1.29. The molecule has 4 aliphatic rings. The van der Waals surface area contributed by atoms with Crippen LogP contribution in [-0.4, -0.2) is 23.9 Å². The molecule has 1 heterocycles. The van der Waals surface area contributed by atoms with E-state index in [2.05, 4.69) is 18.7 Å². The Hall–Kier alpha value is -0.530. The van der Waals surface area contributed by atoms with Crippen molar-refractivity contribution < 1.29 is 4.79 Å². The molecule has 0 spiro atoms. The van der Waals surface area contributed by atoms with Crippen molar-refractivity contribution in [2.45, 2.75) is 58.8 Å². The van der Waals surface area contributed by atoms with Crippen LogP contribution in [-0.2, 0) is 4.79 Å². The first-order valence-electron chi connectivity index (χ1n) is 7.37. The predicted octanol–water partition coefficient (Wildman–Crippen LogP) is 3.22. The maximum atomic E-state index is 12.6. The third kappa shape index (κ3) is 1.56. The first kappa shape index (κ1) is 11.6. The predicted molar refractivity (Wildman–Crippen MR) is 68.6 cm³/mol. The van der Waals surface area contributed by atoms with Crippen LogP contribution >= 0.6 is 0 Å². The van der Waals surface area contributed by atoms with Crippen LogP contribution in [0.25, 0.3) is 0 Å². The van der Waals surface area contributed by atoms with Gasteiger partial charge in [-0.15, -0.1) is 0 Å². The minimum atomic E-state index is 0.0665. The summed E-state index contributed by atoms with van der Waals surface area (Å²) in [5, 5.41) is 0. The van der Waals surface area contributed by atoms with Gasteiger partial charge in [0, 0.05) is 18.5 Å². The SMILES string of the molecule is CC(C)C12CCC(C(=O)N3CCC3)(CC1)CC2. The van der Waals surface area contributed by atoms with Gasteiger partial charge in [-0.25, -0.2) is 0 Å². The molecule has 2 heteroatoms. The summed E-state index contributed by atoms with van der Waals surface area (Å²) in [7, 11) is 0. The van der Waals surface area contributed by atoms with Gasteiger partial charge in [0.2, 0.25) is 5.91 Å². The van der Waals surface area contributed by atoms with Crippen LogP contribution in [0.2, 0.25) is 0 Å². The maximum absolute atomic E-state index is 12.6. The van der Waals surface area contributed by atoms with Crippen molar-refractivity contribution in [1.82, 2.24) is 4.90 Å². The topological polar surface area (TPSA) is 20.3 Å². The number of rotatable bonds is 2. The van der Waals surface area contributed by atoms with Gasteiger partial charge in [0.05, 0.1) is 0 Å². The molecule has 0 unspecified atom stereocenters. The highest BCUT2D eigenvalue weighted by atomic mass is 16.2. The largest absolute Gasteiger partial charge is 0.342 e. The van der Waals surface area contributed by atoms with Crippen LogP contribution in [0.1, 0.15) is 58.8 Å². The van der Waals surface area contributed by atoms with E-state index in [-0.39, 0.29) is 5.41 Å². The Morgan fingerprint density at radius 3 is 1.88 bits per heavy atom. The van der Waals surface area contributed by atoms with Gasteiger partial charge in [-0.1, -0.05) is 13.8 Å². The summed E-state index contributed by atoms with van der Waals surface area (Å²) >= 11 is 0. The number of carbonyl (C=O) groups excluding carboxylic acids is 1. The normalized spacial score (nSPS) is 40.5. The second kappa shape index (κ2) is 3.73. The summed E-state index contributed by atoms with van der Waals surface area (Å²) in [6.45, 7) is 6.79. The van der Waals surface area contributed by atoms with Gasteiger partial charge in [0.15, 0.2) is 0 Å². The van der Waals surface area contributed by atoms with E-state index in [0.29, 0.717) is 11.3 Å². The highest BCUT2D eigenvalue weighted by molar-refractivity contribution is 5.83. The fraction of sp³-hybridized carbons (Fsp3) is 0.933. The van der Waals surface area contributed by atoms with Crippen molar-refractivity contribution in [2.75, 3.05) is 13.1 Å². The van der Waals surface area contributed by atoms with Crippen molar-refractivity contribution in [1.29, 1.82) is 0 Å². The lowest BCUT2D eigenvalue weighted by atomic mass is 9.50. The van der Waals surface area contributed by atoms with Gasteiger partial charge in [-0.2, -0.15) is 0 Å². The molecular weight excluding hydrogens is 210 g/mol. The molecule has 3 aliphatic carbocycles. The molecule has 0 aromatic heterocycles. The van der Waals surface area contributed by atoms with Crippen molar-refractivity contribution in [2.24, 2.45) is 16.7 Å². The molecule has 3 saturated carbocycles. The Kier molecular flexibility index (Phi) is 2.53. The Morgan fingerprint density at radius 2 is 1.53 bits per heavy atom. The number of hydrogen-bond donors (Lipinski definition) is 0. The third-order valence-electron chi connectivity index (χ3n) is 6.13. The van der Waals surface area contributed by atoms with Gasteiger partial charge in [0.1, 0.15) is 0 Å². The van der Waals surface area contributed by atoms with E-state index in [1.54, 1.807) is 0 Å². The van der Waals surface area contributed by atoms with Gasteiger partial charge in [-0.05, 0) is 56.3 Å². The zero-order valence-electron chi connectivity index (χ0n) is 11.3. The Balaban J connectivity index is 1.74. The standard InChI is InChI=1S/C15H25NO/c1-12(2)14-4-7-15(8-5-14,9-6-14)13(17)16-10-3-11-16/h12H,3-11H2,1-2H3. The smallest absolute Gasteiger partial charge is 0.228 e. The van der Waals surface area contributed by atoms with E-state index in [0.717, 1.165) is 19.0 Å². The van der Waals surface area contributed by atoms with Crippen LogP contribution in [0, 0.1) is 16.7 Å². The quantitative estimate of drug-likeness (QED) is 0.719. The molecule has 4 rings (SSSR count). The first-order chi connectivity index (χ1) is 8.08. The number of hydrogen-bond acceptors (Lipinski definition) is 1. The third-order valence-corrected chi connectivity index (χ3v) is 6.13. The average molecular weight is 235 g/mol. The van der Waals surface area contributed by atoms with E-state index >= 15 is 0 Å². The monoisotopic (exact) mass is 235 g/mol. The lowest BCUT2D eigenvalue weighted by Crippen LogP contribution is -2.55. The maximum Gasteiger partial charge on any atom is 0.228 e. The number of nitrogens with zero attached hydrogens (tertiary/aromatic N) is 1. The summed E-state index contributed by atoms with van der Waals surface area (Å²) in [4.78, 5) is 14.7. The molecule has 1 amide bonds. The molecule has 96 valence electrons. The molecule has 2 bridgehead atoms. The molecule has 0 atom stereocenters. The van der Waals surface area contributed by atoms with E-state index in [1.807, 2.05) is 0 Å². The fourth-order valence-electron chi connectivity index (χ4n) is 4.26. The van der Waals surface area contributed by atoms with Crippen LogP contribution in [0.3, 0.4) is 0 Å². The van der Waals surface area contributed by atoms with Gasteiger partial charge in [0.25, 0.3) is 0 Å². The molecule has 0 radical (unpaired) electrons.